The van der Waals surface area contributed by atoms with Crippen LogP contribution in [0.1, 0.15) is 37.7 Å². The maximum absolute atomic E-state index is 11.7. The highest BCUT2D eigenvalue weighted by atomic mass is 16.6. The van der Waals surface area contributed by atoms with Crippen molar-refractivity contribution in [3.63, 3.8) is 0 Å². The summed E-state index contributed by atoms with van der Waals surface area (Å²) >= 11 is 0. The molecule has 0 fully saturated rings. The van der Waals surface area contributed by atoms with Gasteiger partial charge in [-0.2, -0.15) is 0 Å². The van der Waals surface area contributed by atoms with E-state index in [-0.39, 0.29) is 24.8 Å². The Kier molecular flexibility index (Phi) is 7.67. The molecule has 0 unspecified atom stereocenters. The molecule has 24 heavy (non-hydrogen) atoms. The van der Waals surface area contributed by atoms with E-state index in [1.165, 1.54) is 6.20 Å². The summed E-state index contributed by atoms with van der Waals surface area (Å²) in [5.74, 6) is -0.519. The van der Waals surface area contributed by atoms with Crippen molar-refractivity contribution in [1.82, 2.24) is 20.9 Å². The lowest BCUT2D eigenvalue weighted by molar-refractivity contribution is -0.120. The second kappa shape index (κ2) is 9.49. The van der Waals surface area contributed by atoms with Crippen LogP contribution in [0.15, 0.2) is 24.4 Å². The largest absolute Gasteiger partial charge is 0.444 e. The molecule has 1 aromatic heterocycles. The number of carbonyl (C=O) groups excluding carboxylic acids is 3. The lowest BCUT2D eigenvalue weighted by atomic mass is 10.2. The van der Waals surface area contributed by atoms with Crippen LogP contribution in [0.2, 0.25) is 0 Å². The maximum Gasteiger partial charge on any atom is 0.407 e. The number of hydrogen-bond donors (Lipinski definition) is 3. The van der Waals surface area contributed by atoms with Crippen LogP contribution >= 0.6 is 0 Å². The molecule has 0 atom stereocenters. The van der Waals surface area contributed by atoms with Gasteiger partial charge in [0.1, 0.15) is 11.3 Å². The van der Waals surface area contributed by atoms with Gasteiger partial charge in [-0.25, -0.2) is 4.79 Å². The molecule has 3 amide bonds. The number of pyridine rings is 1. The molecule has 8 heteroatoms. The Hall–Kier alpha value is -2.64. The third-order valence-electron chi connectivity index (χ3n) is 2.65. The van der Waals surface area contributed by atoms with E-state index >= 15 is 0 Å². The predicted molar refractivity (Wildman–Crippen MR) is 88.4 cm³/mol. The summed E-state index contributed by atoms with van der Waals surface area (Å²) in [6.07, 6.45) is 1.11. The van der Waals surface area contributed by atoms with E-state index < -0.39 is 11.7 Å². The number of ether oxygens (including phenoxy) is 1. The standard InChI is InChI=1S/C16H24N4O4/c1-16(2,3)24-15(23)20-9-7-13(21)18-10-11-19-14(22)12-6-4-5-8-17-12/h4-6,8H,7,9-11H2,1-3H3,(H,18,21)(H,19,22)(H,20,23). The summed E-state index contributed by atoms with van der Waals surface area (Å²) in [5.41, 5.74) is -0.247. The molecular formula is C16H24N4O4. The Bertz CT molecular complexity index is 555. The highest BCUT2D eigenvalue weighted by molar-refractivity contribution is 5.92. The summed E-state index contributed by atoms with van der Waals surface area (Å²) in [4.78, 5) is 38.6. The highest BCUT2D eigenvalue weighted by Gasteiger charge is 2.15. The number of amides is 3. The number of rotatable bonds is 7. The van der Waals surface area contributed by atoms with E-state index in [1.54, 1.807) is 39.0 Å². The molecule has 1 heterocycles. The lowest BCUT2D eigenvalue weighted by Gasteiger charge is -2.19. The van der Waals surface area contributed by atoms with Gasteiger partial charge in [0.05, 0.1) is 0 Å². The predicted octanol–water partition coefficient (Wildman–Crippen LogP) is 0.842. The summed E-state index contributed by atoms with van der Waals surface area (Å²) in [6, 6.07) is 5.06. The Balaban J connectivity index is 2.10. The van der Waals surface area contributed by atoms with Crippen LogP contribution in [0, 0.1) is 0 Å². The van der Waals surface area contributed by atoms with E-state index in [1.807, 2.05) is 0 Å². The molecule has 0 aliphatic heterocycles. The summed E-state index contributed by atoms with van der Waals surface area (Å²) < 4.78 is 5.05. The molecule has 1 rings (SSSR count). The fraction of sp³-hybridized carbons (Fsp3) is 0.500. The molecule has 0 radical (unpaired) electrons. The van der Waals surface area contributed by atoms with Crippen molar-refractivity contribution in [1.29, 1.82) is 0 Å². The maximum atomic E-state index is 11.7. The molecule has 3 N–H and O–H groups in total. The first-order valence-electron chi connectivity index (χ1n) is 7.71. The van der Waals surface area contributed by atoms with Crippen molar-refractivity contribution in [2.75, 3.05) is 19.6 Å². The number of aromatic nitrogens is 1. The van der Waals surface area contributed by atoms with Gasteiger partial charge < -0.3 is 20.7 Å². The molecule has 0 bridgehead atoms. The van der Waals surface area contributed by atoms with Gasteiger partial charge in [-0.1, -0.05) is 6.07 Å². The number of nitrogens with one attached hydrogen (secondary N) is 3. The van der Waals surface area contributed by atoms with Crippen LogP contribution in [0.3, 0.4) is 0 Å². The SMILES string of the molecule is CC(C)(C)OC(=O)NCCC(=O)NCCNC(=O)c1ccccn1. The van der Waals surface area contributed by atoms with E-state index in [4.69, 9.17) is 4.74 Å². The van der Waals surface area contributed by atoms with Gasteiger partial charge in [-0.05, 0) is 32.9 Å². The second-order valence-corrected chi connectivity index (χ2v) is 6.00. The van der Waals surface area contributed by atoms with Gasteiger partial charge in [0.15, 0.2) is 0 Å². The van der Waals surface area contributed by atoms with Crippen LogP contribution in [-0.4, -0.2) is 48.1 Å². The molecule has 132 valence electrons. The Labute approximate surface area is 141 Å². The average molecular weight is 336 g/mol. The van der Waals surface area contributed by atoms with Crippen molar-refractivity contribution in [2.24, 2.45) is 0 Å². The highest BCUT2D eigenvalue weighted by Crippen LogP contribution is 2.06. The fourth-order valence-electron chi connectivity index (χ4n) is 1.65. The summed E-state index contributed by atoms with van der Waals surface area (Å²) in [5, 5.41) is 7.79. The third kappa shape index (κ3) is 8.72. The minimum absolute atomic E-state index is 0.132. The monoisotopic (exact) mass is 336 g/mol. The molecule has 0 aliphatic rings. The van der Waals surface area contributed by atoms with Crippen molar-refractivity contribution >= 4 is 17.9 Å². The Morgan fingerprint density at radius 2 is 1.75 bits per heavy atom. The van der Waals surface area contributed by atoms with Crippen LogP contribution < -0.4 is 16.0 Å². The van der Waals surface area contributed by atoms with Crippen LogP contribution in [-0.2, 0) is 9.53 Å². The molecule has 0 spiro atoms. The third-order valence-corrected chi connectivity index (χ3v) is 2.65. The van der Waals surface area contributed by atoms with Crippen molar-refractivity contribution in [3.8, 4) is 0 Å². The van der Waals surface area contributed by atoms with Crippen molar-refractivity contribution in [2.45, 2.75) is 32.8 Å². The molecule has 0 aromatic carbocycles. The zero-order valence-electron chi connectivity index (χ0n) is 14.2. The van der Waals surface area contributed by atoms with Crippen LogP contribution in [0.5, 0.6) is 0 Å². The van der Waals surface area contributed by atoms with Gasteiger partial charge in [-0.15, -0.1) is 0 Å². The van der Waals surface area contributed by atoms with E-state index in [9.17, 15) is 14.4 Å². The van der Waals surface area contributed by atoms with Gasteiger partial charge in [0.25, 0.3) is 5.91 Å². The van der Waals surface area contributed by atoms with Crippen LogP contribution in [0.4, 0.5) is 4.79 Å². The second-order valence-electron chi connectivity index (χ2n) is 6.00. The minimum atomic E-state index is -0.571. The summed E-state index contributed by atoms with van der Waals surface area (Å²) in [7, 11) is 0. The lowest BCUT2D eigenvalue weighted by Crippen LogP contribution is -2.37. The zero-order valence-corrected chi connectivity index (χ0v) is 14.2. The minimum Gasteiger partial charge on any atom is -0.444 e. The number of carbonyl (C=O) groups is 3. The molecular weight excluding hydrogens is 312 g/mol. The smallest absolute Gasteiger partial charge is 0.407 e. The van der Waals surface area contributed by atoms with E-state index in [2.05, 4.69) is 20.9 Å². The molecule has 8 nitrogen and oxygen atoms in total. The number of alkyl carbamates (subject to hydrolysis) is 1. The normalized spacial score (nSPS) is 10.6. The molecule has 0 saturated carbocycles. The van der Waals surface area contributed by atoms with Crippen molar-refractivity contribution in [3.05, 3.63) is 30.1 Å². The first kappa shape index (κ1) is 19.4. The van der Waals surface area contributed by atoms with Gasteiger partial charge in [0, 0.05) is 32.3 Å². The van der Waals surface area contributed by atoms with Gasteiger partial charge in [0.2, 0.25) is 5.91 Å². The first-order valence-corrected chi connectivity index (χ1v) is 7.71. The van der Waals surface area contributed by atoms with Gasteiger partial charge >= 0.3 is 6.09 Å². The molecule has 1 aromatic rings. The van der Waals surface area contributed by atoms with Crippen molar-refractivity contribution < 1.29 is 19.1 Å². The average Bonchev–Trinajstić information content (AvgIpc) is 2.50. The molecule has 0 saturated heterocycles. The molecule has 0 aliphatic carbocycles. The summed E-state index contributed by atoms with van der Waals surface area (Å²) in [6.45, 7) is 6.06. The van der Waals surface area contributed by atoms with E-state index in [0.717, 1.165) is 0 Å². The zero-order chi connectivity index (χ0) is 18.0. The number of nitrogens with zero attached hydrogens (tertiary/aromatic N) is 1. The van der Waals surface area contributed by atoms with E-state index in [0.29, 0.717) is 18.8 Å². The Morgan fingerprint density at radius 3 is 2.38 bits per heavy atom. The van der Waals surface area contributed by atoms with Crippen LogP contribution in [0.25, 0.3) is 0 Å². The number of hydrogen-bond acceptors (Lipinski definition) is 5. The Morgan fingerprint density at radius 1 is 1.04 bits per heavy atom. The first-order chi connectivity index (χ1) is 11.3. The quantitative estimate of drug-likeness (QED) is 0.639. The fourth-order valence-corrected chi connectivity index (χ4v) is 1.65. The topological polar surface area (TPSA) is 109 Å². The van der Waals surface area contributed by atoms with Gasteiger partial charge in [-0.3, -0.25) is 14.6 Å².